The fourth-order valence-corrected chi connectivity index (χ4v) is 2.14. The molecule has 112 valence electrons. The molecule has 0 radical (unpaired) electrons. The van der Waals surface area contributed by atoms with Crippen LogP contribution in [0.25, 0.3) is 0 Å². The molecule has 1 amide bonds. The molecule has 1 atom stereocenters. The van der Waals surface area contributed by atoms with Crippen molar-refractivity contribution in [1.82, 2.24) is 10.5 Å². The van der Waals surface area contributed by atoms with E-state index in [-0.39, 0.29) is 11.9 Å². The minimum Gasteiger partial charge on any atom is -0.360 e. The first-order chi connectivity index (χ1) is 10.1. The molecule has 1 heterocycles. The standard InChI is InChI=1S/C15H18ClN3O2/c1-3-13(15(20)18-14-8-10(2)21-19-14)17-9-11-6-4-5-7-12(11)16/h4-8,13,17H,3,9H2,1-2H3,(H,18,19,20). The summed E-state index contributed by atoms with van der Waals surface area (Å²) >= 11 is 6.10. The van der Waals surface area contributed by atoms with Gasteiger partial charge in [-0.15, -0.1) is 0 Å². The maximum atomic E-state index is 12.2. The van der Waals surface area contributed by atoms with Gasteiger partial charge in [0.05, 0.1) is 6.04 Å². The summed E-state index contributed by atoms with van der Waals surface area (Å²) in [5.74, 6) is 0.940. The van der Waals surface area contributed by atoms with Crippen LogP contribution in [0.5, 0.6) is 0 Å². The third-order valence-electron chi connectivity index (χ3n) is 3.10. The van der Waals surface area contributed by atoms with Crippen LogP contribution in [0, 0.1) is 6.92 Å². The molecule has 1 aromatic carbocycles. The van der Waals surface area contributed by atoms with Gasteiger partial charge in [-0.3, -0.25) is 4.79 Å². The molecule has 2 rings (SSSR count). The largest absolute Gasteiger partial charge is 0.360 e. The Hall–Kier alpha value is -1.85. The van der Waals surface area contributed by atoms with Crippen molar-refractivity contribution in [3.05, 3.63) is 46.7 Å². The van der Waals surface area contributed by atoms with Gasteiger partial charge in [0.1, 0.15) is 5.76 Å². The lowest BCUT2D eigenvalue weighted by molar-refractivity contribution is -0.118. The zero-order valence-electron chi connectivity index (χ0n) is 12.0. The highest BCUT2D eigenvalue weighted by atomic mass is 35.5. The fourth-order valence-electron chi connectivity index (χ4n) is 1.94. The topological polar surface area (TPSA) is 67.2 Å². The second-order valence-electron chi connectivity index (χ2n) is 4.75. The highest BCUT2D eigenvalue weighted by Crippen LogP contribution is 2.15. The maximum Gasteiger partial charge on any atom is 0.242 e. The summed E-state index contributed by atoms with van der Waals surface area (Å²) < 4.78 is 4.92. The molecule has 0 saturated heterocycles. The molecule has 0 saturated carbocycles. The number of carbonyl (C=O) groups is 1. The second kappa shape index (κ2) is 7.24. The Morgan fingerprint density at radius 2 is 2.19 bits per heavy atom. The number of rotatable bonds is 6. The second-order valence-corrected chi connectivity index (χ2v) is 5.15. The van der Waals surface area contributed by atoms with E-state index in [0.29, 0.717) is 29.6 Å². The Morgan fingerprint density at radius 3 is 2.81 bits per heavy atom. The van der Waals surface area contributed by atoms with Gasteiger partial charge in [0, 0.05) is 17.6 Å². The van der Waals surface area contributed by atoms with E-state index in [1.54, 1.807) is 13.0 Å². The monoisotopic (exact) mass is 307 g/mol. The molecule has 5 nitrogen and oxygen atoms in total. The van der Waals surface area contributed by atoms with Crippen LogP contribution >= 0.6 is 11.6 Å². The Labute approximate surface area is 128 Å². The van der Waals surface area contributed by atoms with Crippen LogP contribution in [0.15, 0.2) is 34.9 Å². The Kier molecular flexibility index (Phi) is 5.36. The third kappa shape index (κ3) is 4.31. The molecule has 1 aromatic heterocycles. The smallest absolute Gasteiger partial charge is 0.242 e. The van der Waals surface area contributed by atoms with Crippen LogP contribution in [0.4, 0.5) is 5.82 Å². The van der Waals surface area contributed by atoms with Crippen LogP contribution in [0.3, 0.4) is 0 Å². The van der Waals surface area contributed by atoms with E-state index in [2.05, 4.69) is 15.8 Å². The molecular weight excluding hydrogens is 290 g/mol. The van der Waals surface area contributed by atoms with Crippen LogP contribution in [0.1, 0.15) is 24.7 Å². The van der Waals surface area contributed by atoms with Crippen LogP contribution < -0.4 is 10.6 Å². The van der Waals surface area contributed by atoms with E-state index < -0.39 is 0 Å². The average molecular weight is 308 g/mol. The summed E-state index contributed by atoms with van der Waals surface area (Å²) in [5.41, 5.74) is 0.961. The fraction of sp³-hybridized carbons (Fsp3) is 0.333. The van der Waals surface area contributed by atoms with Crippen molar-refractivity contribution in [2.75, 3.05) is 5.32 Å². The van der Waals surface area contributed by atoms with E-state index in [1.807, 2.05) is 31.2 Å². The third-order valence-corrected chi connectivity index (χ3v) is 3.47. The number of carbonyl (C=O) groups excluding carboxylic acids is 1. The van der Waals surface area contributed by atoms with Crippen LogP contribution in [-0.2, 0) is 11.3 Å². The normalized spacial score (nSPS) is 12.1. The van der Waals surface area contributed by atoms with Gasteiger partial charge in [0.2, 0.25) is 5.91 Å². The first kappa shape index (κ1) is 15.5. The van der Waals surface area contributed by atoms with E-state index in [1.165, 1.54) is 0 Å². The van der Waals surface area contributed by atoms with Gasteiger partial charge in [-0.05, 0) is 25.0 Å². The zero-order valence-corrected chi connectivity index (χ0v) is 12.8. The molecule has 2 aromatic rings. The van der Waals surface area contributed by atoms with Gasteiger partial charge in [-0.2, -0.15) is 0 Å². The van der Waals surface area contributed by atoms with E-state index >= 15 is 0 Å². The lowest BCUT2D eigenvalue weighted by Gasteiger charge is -2.16. The number of aromatic nitrogens is 1. The maximum absolute atomic E-state index is 12.2. The number of hydrogen-bond donors (Lipinski definition) is 2. The van der Waals surface area contributed by atoms with Crippen molar-refractivity contribution in [2.45, 2.75) is 32.9 Å². The quantitative estimate of drug-likeness (QED) is 0.860. The molecular formula is C15H18ClN3O2. The van der Waals surface area contributed by atoms with Crippen molar-refractivity contribution < 1.29 is 9.32 Å². The molecule has 2 N–H and O–H groups in total. The average Bonchev–Trinajstić information content (AvgIpc) is 2.86. The molecule has 0 spiro atoms. The number of nitrogens with one attached hydrogen (secondary N) is 2. The van der Waals surface area contributed by atoms with Crippen molar-refractivity contribution in [3.63, 3.8) is 0 Å². The number of anilines is 1. The SMILES string of the molecule is CCC(NCc1ccccc1Cl)C(=O)Nc1cc(C)on1. The van der Waals surface area contributed by atoms with E-state index in [9.17, 15) is 4.79 Å². The summed E-state index contributed by atoms with van der Waals surface area (Å²) in [6.07, 6.45) is 0.660. The minimum atomic E-state index is -0.321. The molecule has 1 unspecified atom stereocenters. The van der Waals surface area contributed by atoms with Gasteiger partial charge < -0.3 is 15.2 Å². The summed E-state index contributed by atoms with van der Waals surface area (Å²) in [7, 11) is 0. The predicted molar refractivity (Wildman–Crippen MR) is 82.2 cm³/mol. The molecule has 0 aliphatic rings. The zero-order chi connectivity index (χ0) is 15.2. The summed E-state index contributed by atoms with van der Waals surface area (Å²) in [6.45, 7) is 4.25. The number of nitrogens with zero attached hydrogens (tertiary/aromatic N) is 1. The van der Waals surface area contributed by atoms with Crippen LogP contribution in [-0.4, -0.2) is 17.1 Å². The number of halogens is 1. The van der Waals surface area contributed by atoms with Gasteiger partial charge in [-0.25, -0.2) is 0 Å². The number of aryl methyl sites for hydroxylation is 1. The van der Waals surface area contributed by atoms with E-state index in [0.717, 1.165) is 5.56 Å². The molecule has 0 fully saturated rings. The molecule has 0 aliphatic heterocycles. The molecule has 6 heteroatoms. The summed E-state index contributed by atoms with van der Waals surface area (Å²) in [4.78, 5) is 12.2. The number of benzene rings is 1. The Morgan fingerprint density at radius 1 is 1.43 bits per heavy atom. The summed E-state index contributed by atoms with van der Waals surface area (Å²) in [6, 6.07) is 8.92. The lowest BCUT2D eigenvalue weighted by Crippen LogP contribution is -2.39. The Balaban J connectivity index is 1.93. The molecule has 0 aliphatic carbocycles. The predicted octanol–water partition coefficient (Wildman–Crippen LogP) is 3.14. The number of hydrogen-bond acceptors (Lipinski definition) is 4. The highest BCUT2D eigenvalue weighted by molar-refractivity contribution is 6.31. The first-order valence-electron chi connectivity index (χ1n) is 6.81. The molecule has 21 heavy (non-hydrogen) atoms. The van der Waals surface area contributed by atoms with E-state index in [4.69, 9.17) is 16.1 Å². The first-order valence-corrected chi connectivity index (χ1v) is 7.19. The minimum absolute atomic E-state index is 0.141. The van der Waals surface area contributed by atoms with Crippen molar-refractivity contribution in [1.29, 1.82) is 0 Å². The lowest BCUT2D eigenvalue weighted by atomic mass is 10.1. The van der Waals surface area contributed by atoms with Gasteiger partial charge in [-0.1, -0.05) is 41.9 Å². The van der Waals surface area contributed by atoms with Crippen molar-refractivity contribution in [2.24, 2.45) is 0 Å². The number of amides is 1. The van der Waals surface area contributed by atoms with Gasteiger partial charge in [0.25, 0.3) is 0 Å². The highest BCUT2D eigenvalue weighted by Gasteiger charge is 2.17. The Bertz CT molecular complexity index is 612. The summed E-state index contributed by atoms with van der Waals surface area (Å²) in [5, 5.41) is 10.4. The van der Waals surface area contributed by atoms with Crippen molar-refractivity contribution in [3.8, 4) is 0 Å². The molecule has 0 bridgehead atoms. The van der Waals surface area contributed by atoms with Crippen molar-refractivity contribution >= 4 is 23.3 Å². The van der Waals surface area contributed by atoms with Gasteiger partial charge >= 0.3 is 0 Å². The van der Waals surface area contributed by atoms with Crippen LogP contribution in [0.2, 0.25) is 5.02 Å². The van der Waals surface area contributed by atoms with Gasteiger partial charge in [0.15, 0.2) is 5.82 Å².